The average molecular weight is 480 g/mol. The maximum Gasteiger partial charge on any atom is 0.288 e. The third-order valence-corrected chi connectivity index (χ3v) is 6.74. The van der Waals surface area contributed by atoms with Crippen molar-refractivity contribution in [1.82, 2.24) is 19.7 Å². The average Bonchev–Trinajstić information content (AvgIpc) is 3.29. The van der Waals surface area contributed by atoms with Crippen LogP contribution in [0.2, 0.25) is 0 Å². The molecule has 0 bridgehead atoms. The van der Waals surface area contributed by atoms with Crippen molar-refractivity contribution in [3.63, 3.8) is 0 Å². The van der Waals surface area contributed by atoms with Crippen LogP contribution < -0.4 is 4.90 Å². The maximum absolute atomic E-state index is 6.03. The number of hydrogen-bond donors (Lipinski definition) is 0. The van der Waals surface area contributed by atoms with Crippen molar-refractivity contribution in [2.45, 2.75) is 6.67 Å². The maximum atomic E-state index is 6.03. The van der Waals surface area contributed by atoms with Gasteiger partial charge >= 0.3 is 0 Å². The van der Waals surface area contributed by atoms with Gasteiger partial charge in [0.1, 0.15) is 0 Å². The Morgan fingerprint density at radius 1 is 0.800 bits per heavy atom. The number of aromatic nitrogens is 3. The standard InChI is InChI=1S/C28H25N5OS/c35-28-33(20-31-15-17-32(18-16-31)22-11-5-2-6-12-22)30-27(34-28)24-19-26(21-9-3-1-4-10-21)29-25-14-8-7-13-23(24)25/h1-14,19H,15-18,20H2. The van der Waals surface area contributed by atoms with Crippen molar-refractivity contribution < 1.29 is 4.42 Å². The van der Waals surface area contributed by atoms with Crippen LogP contribution in [0.5, 0.6) is 0 Å². The number of nitrogens with zero attached hydrogens (tertiary/aromatic N) is 5. The molecule has 0 unspecified atom stereocenters. The van der Waals surface area contributed by atoms with Gasteiger partial charge in [-0.15, -0.1) is 5.10 Å². The molecule has 3 heterocycles. The van der Waals surface area contributed by atoms with Crippen LogP contribution in [0.4, 0.5) is 5.69 Å². The molecule has 0 radical (unpaired) electrons. The van der Waals surface area contributed by atoms with Gasteiger partial charge < -0.3 is 9.32 Å². The fourth-order valence-electron chi connectivity index (χ4n) is 4.59. The number of piperazine rings is 1. The van der Waals surface area contributed by atoms with Gasteiger partial charge in [-0.25, -0.2) is 9.67 Å². The summed E-state index contributed by atoms with van der Waals surface area (Å²) in [6, 6.07) is 30.8. The van der Waals surface area contributed by atoms with E-state index in [2.05, 4.69) is 52.3 Å². The smallest absolute Gasteiger partial charge is 0.288 e. The van der Waals surface area contributed by atoms with Crippen molar-refractivity contribution >= 4 is 28.8 Å². The van der Waals surface area contributed by atoms with Gasteiger partial charge in [0.2, 0.25) is 5.89 Å². The zero-order valence-electron chi connectivity index (χ0n) is 19.2. The Bertz CT molecular complexity index is 1510. The van der Waals surface area contributed by atoms with E-state index >= 15 is 0 Å². The zero-order chi connectivity index (χ0) is 23.6. The summed E-state index contributed by atoms with van der Waals surface area (Å²) >= 11 is 5.57. The number of para-hydroxylation sites is 2. The van der Waals surface area contributed by atoms with Gasteiger partial charge in [-0.3, -0.25) is 4.90 Å². The van der Waals surface area contributed by atoms with E-state index in [1.54, 1.807) is 4.68 Å². The molecular formula is C28H25N5OS. The molecule has 0 aliphatic carbocycles. The zero-order valence-corrected chi connectivity index (χ0v) is 20.1. The molecule has 0 amide bonds. The highest BCUT2D eigenvalue weighted by molar-refractivity contribution is 7.71. The summed E-state index contributed by atoms with van der Waals surface area (Å²) < 4.78 is 7.83. The number of rotatable bonds is 5. The molecule has 1 aliphatic heterocycles. The van der Waals surface area contributed by atoms with E-state index in [0.29, 0.717) is 17.4 Å². The van der Waals surface area contributed by atoms with Gasteiger partial charge in [0.05, 0.1) is 23.4 Å². The van der Waals surface area contributed by atoms with E-state index in [-0.39, 0.29) is 0 Å². The molecule has 0 spiro atoms. The van der Waals surface area contributed by atoms with Crippen LogP contribution in [0.1, 0.15) is 0 Å². The minimum atomic E-state index is 0.382. The molecule has 5 aromatic rings. The summed E-state index contributed by atoms with van der Waals surface area (Å²) in [7, 11) is 0. The predicted molar refractivity (Wildman–Crippen MR) is 142 cm³/mol. The van der Waals surface area contributed by atoms with Crippen LogP contribution in [-0.2, 0) is 6.67 Å². The van der Waals surface area contributed by atoms with Crippen LogP contribution in [0.25, 0.3) is 33.6 Å². The monoisotopic (exact) mass is 479 g/mol. The van der Waals surface area contributed by atoms with Gasteiger partial charge in [-0.05, 0) is 36.5 Å². The van der Waals surface area contributed by atoms with Crippen molar-refractivity contribution in [3.8, 4) is 22.7 Å². The minimum absolute atomic E-state index is 0.382. The molecular weight excluding hydrogens is 454 g/mol. The highest BCUT2D eigenvalue weighted by Gasteiger charge is 2.20. The molecule has 35 heavy (non-hydrogen) atoms. The number of hydrogen-bond acceptors (Lipinski definition) is 6. The van der Waals surface area contributed by atoms with Gasteiger partial charge in [0, 0.05) is 42.8 Å². The van der Waals surface area contributed by atoms with Gasteiger partial charge in [0.15, 0.2) is 0 Å². The van der Waals surface area contributed by atoms with Crippen LogP contribution in [0, 0.1) is 4.84 Å². The molecule has 6 nitrogen and oxygen atoms in total. The van der Waals surface area contributed by atoms with Crippen LogP contribution >= 0.6 is 12.2 Å². The molecule has 174 valence electrons. The lowest BCUT2D eigenvalue weighted by atomic mass is 10.0. The van der Waals surface area contributed by atoms with Gasteiger partial charge in [-0.1, -0.05) is 66.7 Å². The highest BCUT2D eigenvalue weighted by atomic mass is 32.1. The highest BCUT2D eigenvalue weighted by Crippen LogP contribution is 2.31. The summed E-state index contributed by atoms with van der Waals surface area (Å²) in [5, 5.41) is 5.79. The van der Waals surface area contributed by atoms with Gasteiger partial charge in [0.25, 0.3) is 4.84 Å². The lowest BCUT2D eigenvalue weighted by Crippen LogP contribution is -2.46. The molecule has 3 aromatic carbocycles. The number of benzene rings is 3. The minimum Gasteiger partial charge on any atom is -0.409 e. The first kappa shape index (κ1) is 21.7. The summed E-state index contributed by atoms with van der Waals surface area (Å²) in [6.45, 7) is 4.43. The Morgan fingerprint density at radius 3 is 2.26 bits per heavy atom. The second-order valence-electron chi connectivity index (χ2n) is 8.69. The Hall–Kier alpha value is -3.81. The Balaban J connectivity index is 1.27. The fraction of sp³-hybridized carbons (Fsp3) is 0.179. The van der Waals surface area contributed by atoms with E-state index in [1.807, 2.05) is 48.5 Å². The first-order chi connectivity index (χ1) is 17.2. The Kier molecular flexibility index (Phi) is 5.86. The van der Waals surface area contributed by atoms with E-state index in [9.17, 15) is 0 Å². The number of anilines is 1. The largest absolute Gasteiger partial charge is 0.409 e. The summed E-state index contributed by atoms with van der Waals surface area (Å²) in [5.74, 6) is 0.522. The molecule has 0 saturated carbocycles. The van der Waals surface area contributed by atoms with E-state index < -0.39 is 0 Å². The summed E-state index contributed by atoms with van der Waals surface area (Å²) in [6.07, 6.45) is 0. The quantitative estimate of drug-likeness (QED) is 0.294. The first-order valence-corrected chi connectivity index (χ1v) is 12.2. The Morgan fingerprint density at radius 2 is 1.49 bits per heavy atom. The summed E-state index contributed by atoms with van der Waals surface area (Å²) in [5.41, 5.74) is 5.00. The number of fused-ring (bicyclic) bond motifs is 1. The van der Waals surface area contributed by atoms with E-state index in [0.717, 1.165) is 53.9 Å². The van der Waals surface area contributed by atoms with Crippen molar-refractivity contribution in [2.24, 2.45) is 0 Å². The Labute approximate surface area is 209 Å². The second kappa shape index (κ2) is 9.44. The third-order valence-electron chi connectivity index (χ3n) is 6.45. The number of pyridine rings is 1. The first-order valence-electron chi connectivity index (χ1n) is 11.8. The van der Waals surface area contributed by atoms with Crippen LogP contribution in [-0.4, -0.2) is 45.8 Å². The molecule has 0 atom stereocenters. The molecule has 1 saturated heterocycles. The van der Waals surface area contributed by atoms with Gasteiger partial charge in [-0.2, -0.15) is 0 Å². The van der Waals surface area contributed by atoms with Crippen LogP contribution in [0.15, 0.2) is 95.4 Å². The molecule has 2 aromatic heterocycles. The van der Waals surface area contributed by atoms with Crippen molar-refractivity contribution in [3.05, 3.63) is 95.8 Å². The molecule has 1 fully saturated rings. The second-order valence-corrected chi connectivity index (χ2v) is 9.04. The van der Waals surface area contributed by atoms with E-state index in [4.69, 9.17) is 26.7 Å². The lowest BCUT2D eigenvalue weighted by Gasteiger charge is -2.35. The molecule has 6 rings (SSSR count). The lowest BCUT2D eigenvalue weighted by molar-refractivity contribution is 0.192. The molecule has 7 heteroatoms. The topological polar surface area (TPSA) is 50.3 Å². The molecule has 0 N–H and O–H groups in total. The fourth-order valence-corrected chi connectivity index (χ4v) is 4.77. The summed E-state index contributed by atoms with van der Waals surface area (Å²) in [4.78, 5) is 10.0. The third kappa shape index (κ3) is 4.48. The van der Waals surface area contributed by atoms with Crippen LogP contribution in [0.3, 0.4) is 0 Å². The molecule has 1 aliphatic rings. The van der Waals surface area contributed by atoms with E-state index in [1.165, 1.54) is 5.69 Å². The SMILES string of the molecule is S=c1oc(-c2cc(-c3ccccc3)nc3ccccc23)nn1CN1CCN(c2ccccc2)CC1. The predicted octanol–water partition coefficient (Wildman–Crippen LogP) is 5.87. The normalized spacial score (nSPS) is 14.5. The van der Waals surface area contributed by atoms with Crippen molar-refractivity contribution in [2.75, 3.05) is 31.1 Å². The van der Waals surface area contributed by atoms with Crippen molar-refractivity contribution in [1.29, 1.82) is 0 Å².